The zero-order valence-corrected chi connectivity index (χ0v) is 17.1. The van der Waals surface area contributed by atoms with Crippen LogP contribution in [0.4, 0.5) is 0 Å². The van der Waals surface area contributed by atoms with Crippen molar-refractivity contribution in [2.75, 3.05) is 0 Å². The summed E-state index contributed by atoms with van der Waals surface area (Å²) in [6, 6.07) is 10.8. The molecular weight excluding hydrogens is 316 g/mol. The number of aryl methyl sites for hydroxylation is 1. The molecule has 0 aliphatic heterocycles. The molecule has 1 heterocycles. The molecule has 2 nitrogen and oxygen atoms in total. The van der Waals surface area contributed by atoms with E-state index in [0.29, 0.717) is 0 Å². The molecule has 0 fully saturated rings. The van der Waals surface area contributed by atoms with Gasteiger partial charge in [0.25, 0.3) is 5.82 Å². The van der Waals surface area contributed by atoms with Crippen molar-refractivity contribution in [2.24, 2.45) is 7.05 Å². The minimum atomic E-state index is 0.981. The number of nitrogens with zero attached hydrogens (tertiary/aromatic N) is 2. The summed E-state index contributed by atoms with van der Waals surface area (Å²) in [4.78, 5) is 0. The number of unbranched alkanes of at least 4 members (excludes halogenated alkanes) is 10. The molecule has 144 valence electrons. The van der Waals surface area contributed by atoms with Gasteiger partial charge in [0, 0.05) is 6.42 Å². The second kappa shape index (κ2) is 12.7. The average molecular weight is 356 g/mol. The van der Waals surface area contributed by atoms with E-state index < -0.39 is 0 Å². The molecule has 0 saturated carbocycles. The number of benzene rings is 1. The lowest BCUT2D eigenvalue weighted by molar-refractivity contribution is -0.678. The van der Waals surface area contributed by atoms with Gasteiger partial charge in [-0.1, -0.05) is 101 Å². The maximum atomic E-state index is 2.41. The summed E-state index contributed by atoms with van der Waals surface area (Å²) < 4.78 is 4.70. The van der Waals surface area contributed by atoms with Gasteiger partial charge in [0.15, 0.2) is 0 Å². The molecule has 26 heavy (non-hydrogen) atoms. The monoisotopic (exact) mass is 355 g/mol. The van der Waals surface area contributed by atoms with Crippen molar-refractivity contribution >= 4 is 0 Å². The van der Waals surface area contributed by atoms with Gasteiger partial charge in [0.2, 0.25) is 0 Å². The third kappa shape index (κ3) is 7.76. The molecule has 1 aromatic carbocycles. The Kier molecular flexibility index (Phi) is 10.2. The van der Waals surface area contributed by atoms with Gasteiger partial charge in [-0.3, -0.25) is 0 Å². The molecule has 0 aliphatic carbocycles. The van der Waals surface area contributed by atoms with Crippen molar-refractivity contribution < 1.29 is 4.57 Å². The van der Waals surface area contributed by atoms with Crippen LogP contribution in [0.1, 0.15) is 88.9 Å². The smallest absolute Gasteiger partial charge is 0.237 e. The largest absolute Gasteiger partial charge is 0.256 e. The molecule has 0 amide bonds. The van der Waals surface area contributed by atoms with Crippen LogP contribution in [0, 0.1) is 0 Å². The van der Waals surface area contributed by atoms with Crippen LogP contribution >= 0.6 is 0 Å². The van der Waals surface area contributed by atoms with Crippen LogP contribution in [-0.2, 0) is 20.0 Å². The minimum Gasteiger partial charge on any atom is -0.237 e. The lowest BCUT2D eigenvalue weighted by Gasteiger charge is -2.04. The Labute approximate surface area is 161 Å². The summed E-state index contributed by atoms with van der Waals surface area (Å²) in [5, 5.41) is 0. The average Bonchev–Trinajstić information content (AvgIpc) is 3.00. The van der Waals surface area contributed by atoms with E-state index in [1.807, 2.05) is 0 Å². The van der Waals surface area contributed by atoms with E-state index in [4.69, 9.17) is 0 Å². The topological polar surface area (TPSA) is 8.81 Å². The second-order valence-corrected chi connectivity index (χ2v) is 7.72. The Bertz CT molecular complexity index is 586. The fourth-order valence-electron chi connectivity index (χ4n) is 3.75. The van der Waals surface area contributed by atoms with E-state index in [-0.39, 0.29) is 0 Å². The van der Waals surface area contributed by atoms with Crippen LogP contribution in [0.3, 0.4) is 0 Å². The standard InChI is InChI=1S/C24H39N2/c1-3-4-5-6-7-8-9-10-11-12-16-19-24-25(2)20-21-26(24)22-23-17-14-13-15-18-23/h13-15,17-18,20-21H,3-12,16,19,22H2,1-2H3/q+1. The van der Waals surface area contributed by atoms with Gasteiger partial charge in [-0.2, -0.15) is 0 Å². The van der Waals surface area contributed by atoms with Crippen molar-refractivity contribution in [3.05, 3.63) is 54.1 Å². The zero-order chi connectivity index (χ0) is 18.5. The lowest BCUT2D eigenvalue weighted by Crippen LogP contribution is -2.32. The number of rotatable bonds is 14. The third-order valence-corrected chi connectivity index (χ3v) is 5.41. The van der Waals surface area contributed by atoms with Gasteiger partial charge < -0.3 is 0 Å². The second-order valence-electron chi connectivity index (χ2n) is 7.72. The minimum absolute atomic E-state index is 0.981. The molecule has 2 aromatic rings. The molecule has 0 unspecified atom stereocenters. The highest BCUT2D eigenvalue weighted by Gasteiger charge is 2.14. The van der Waals surface area contributed by atoms with Crippen LogP contribution in [0.25, 0.3) is 0 Å². The Morgan fingerprint density at radius 3 is 1.96 bits per heavy atom. The van der Waals surface area contributed by atoms with Gasteiger partial charge >= 0.3 is 0 Å². The van der Waals surface area contributed by atoms with Crippen LogP contribution in [0.2, 0.25) is 0 Å². The molecule has 1 aromatic heterocycles. The Morgan fingerprint density at radius 1 is 0.769 bits per heavy atom. The number of hydrogen-bond donors (Lipinski definition) is 0. The first-order valence-electron chi connectivity index (χ1n) is 10.9. The van der Waals surface area contributed by atoms with E-state index in [1.54, 1.807) is 0 Å². The van der Waals surface area contributed by atoms with Gasteiger partial charge in [-0.05, 0) is 12.0 Å². The molecule has 0 bridgehead atoms. The highest BCUT2D eigenvalue weighted by Crippen LogP contribution is 2.13. The molecule has 0 saturated heterocycles. The van der Waals surface area contributed by atoms with Gasteiger partial charge in [0.1, 0.15) is 18.9 Å². The van der Waals surface area contributed by atoms with Gasteiger partial charge in [0.05, 0.1) is 7.05 Å². The highest BCUT2D eigenvalue weighted by atomic mass is 15.1. The van der Waals surface area contributed by atoms with Crippen LogP contribution < -0.4 is 4.57 Å². The quantitative estimate of drug-likeness (QED) is 0.281. The fourth-order valence-corrected chi connectivity index (χ4v) is 3.75. The molecule has 0 N–H and O–H groups in total. The van der Waals surface area contributed by atoms with Gasteiger partial charge in [-0.15, -0.1) is 0 Å². The van der Waals surface area contributed by atoms with E-state index in [9.17, 15) is 0 Å². The number of aromatic nitrogens is 2. The van der Waals surface area contributed by atoms with Crippen molar-refractivity contribution in [1.82, 2.24) is 4.57 Å². The summed E-state index contributed by atoms with van der Waals surface area (Å²) in [6.45, 7) is 3.27. The lowest BCUT2D eigenvalue weighted by atomic mass is 10.1. The van der Waals surface area contributed by atoms with E-state index in [0.717, 1.165) is 6.54 Å². The van der Waals surface area contributed by atoms with E-state index in [1.165, 1.54) is 88.4 Å². The summed E-state index contributed by atoms with van der Waals surface area (Å²) >= 11 is 0. The molecule has 0 aliphatic rings. The summed E-state index contributed by atoms with van der Waals surface area (Å²) in [6.07, 6.45) is 21.1. The van der Waals surface area contributed by atoms with Crippen LogP contribution in [-0.4, -0.2) is 4.57 Å². The van der Waals surface area contributed by atoms with E-state index >= 15 is 0 Å². The third-order valence-electron chi connectivity index (χ3n) is 5.41. The molecule has 0 atom stereocenters. The first-order chi connectivity index (χ1) is 12.8. The normalized spacial score (nSPS) is 11.2. The summed E-state index contributed by atoms with van der Waals surface area (Å²) in [5.74, 6) is 1.45. The van der Waals surface area contributed by atoms with Crippen molar-refractivity contribution in [3.8, 4) is 0 Å². The SMILES string of the molecule is CCCCCCCCCCCCCc1n(Cc2ccccc2)cc[n+]1C. The molecule has 0 radical (unpaired) electrons. The molecule has 2 rings (SSSR count). The highest BCUT2D eigenvalue weighted by molar-refractivity contribution is 5.15. The summed E-state index contributed by atoms with van der Waals surface area (Å²) in [5.41, 5.74) is 1.38. The van der Waals surface area contributed by atoms with Crippen molar-refractivity contribution in [1.29, 1.82) is 0 Å². The van der Waals surface area contributed by atoms with Gasteiger partial charge in [-0.25, -0.2) is 9.13 Å². The fraction of sp³-hybridized carbons (Fsp3) is 0.625. The first-order valence-corrected chi connectivity index (χ1v) is 10.9. The molecule has 2 heteroatoms. The van der Waals surface area contributed by atoms with Crippen LogP contribution in [0.15, 0.2) is 42.7 Å². The first kappa shape index (κ1) is 20.7. The summed E-state index contributed by atoms with van der Waals surface area (Å²) in [7, 11) is 2.18. The number of hydrogen-bond acceptors (Lipinski definition) is 0. The number of imidazole rings is 1. The Morgan fingerprint density at radius 2 is 1.35 bits per heavy atom. The zero-order valence-electron chi connectivity index (χ0n) is 17.1. The van der Waals surface area contributed by atoms with Crippen molar-refractivity contribution in [3.63, 3.8) is 0 Å². The van der Waals surface area contributed by atoms with Crippen molar-refractivity contribution in [2.45, 2.75) is 90.5 Å². The van der Waals surface area contributed by atoms with E-state index in [2.05, 4.69) is 65.8 Å². The molecular formula is C24H39N2+. The predicted molar refractivity (Wildman–Crippen MR) is 111 cm³/mol. The maximum Gasteiger partial charge on any atom is 0.256 e. The Hall–Kier alpha value is -1.57. The molecule has 0 spiro atoms. The maximum absolute atomic E-state index is 2.41. The predicted octanol–water partition coefficient (Wildman–Crippen LogP) is 6.21. The van der Waals surface area contributed by atoms with Crippen LogP contribution in [0.5, 0.6) is 0 Å². The Balaban J connectivity index is 1.59.